The summed E-state index contributed by atoms with van der Waals surface area (Å²) in [6.45, 7) is 1.46. The molecule has 0 radical (unpaired) electrons. The van der Waals surface area contributed by atoms with Crippen LogP contribution in [0.2, 0.25) is 0 Å². The van der Waals surface area contributed by atoms with E-state index in [0.29, 0.717) is 29.6 Å². The number of carbonyl (C=O) groups excluding carboxylic acids is 1. The Morgan fingerprint density at radius 2 is 2.06 bits per heavy atom. The third-order valence-electron chi connectivity index (χ3n) is 6.54. The van der Waals surface area contributed by atoms with E-state index in [1.54, 1.807) is 22.9 Å². The van der Waals surface area contributed by atoms with Gasteiger partial charge in [-0.15, -0.1) is 0 Å². The fourth-order valence-electron chi connectivity index (χ4n) is 4.94. The Kier molecular flexibility index (Phi) is 5.40. The van der Waals surface area contributed by atoms with Crippen LogP contribution in [0.1, 0.15) is 37.8 Å². The topological polar surface area (TPSA) is 83.6 Å². The number of halogens is 1. The second-order valence-corrected chi connectivity index (χ2v) is 8.69. The maximum atomic E-state index is 13.7. The number of pyridine rings is 1. The van der Waals surface area contributed by atoms with E-state index >= 15 is 0 Å². The molecule has 2 fully saturated rings. The van der Waals surface area contributed by atoms with Gasteiger partial charge in [-0.3, -0.25) is 9.20 Å². The van der Waals surface area contributed by atoms with Gasteiger partial charge in [-0.2, -0.15) is 0 Å². The van der Waals surface area contributed by atoms with Crippen molar-refractivity contribution in [3.05, 3.63) is 48.3 Å². The molecule has 3 atom stereocenters. The maximum absolute atomic E-state index is 13.7. The number of nitrogens with zero attached hydrogens (tertiary/aromatic N) is 5. The number of piperidine rings is 1. The highest BCUT2D eigenvalue weighted by molar-refractivity contribution is 5.79. The molecule has 0 unspecified atom stereocenters. The normalized spacial score (nSPS) is 24.1. The van der Waals surface area contributed by atoms with E-state index in [1.807, 2.05) is 11.0 Å². The molecule has 3 aromatic heterocycles. The van der Waals surface area contributed by atoms with Crippen LogP contribution in [-0.2, 0) is 11.2 Å². The van der Waals surface area contributed by atoms with Crippen LogP contribution >= 0.6 is 0 Å². The lowest BCUT2D eigenvalue weighted by Gasteiger charge is -2.35. The van der Waals surface area contributed by atoms with Gasteiger partial charge in [0.2, 0.25) is 5.91 Å². The smallest absolute Gasteiger partial charge is 0.228 e. The van der Waals surface area contributed by atoms with Crippen molar-refractivity contribution < 1.29 is 14.3 Å². The molecule has 31 heavy (non-hydrogen) atoms. The minimum atomic E-state index is -0.493. The molecule has 8 heteroatoms. The van der Waals surface area contributed by atoms with Gasteiger partial charge < -0.3 is 10.0 Å². The lowest BCUT2D eigenvalue weighted by Crippen LogP contribution is -2.45. The quantitative estimate of drug-likeness (QED) is 0.698. The number of hydrogen-bond donors (Lipinski definition) is 1. The zero-order valence-corrected chi connectivity index (χ0v) is 17.3. The average molecular weight is 423 g/mol. The predicted molar refractivity (Wildman–Crippen MR) is 113 cm³/mol. The van der Waals surface area contributed by atoms with Gasteiger partial charge in [-0.25, -0.2) is 19.3 Å². The highest BCUT2D eigenvalue weighted by Gasteiger charge is 2.36. The van der Waals surface area contributed by atoms with Crippen LogP contribution in [0.5, 0.6) is 0 Å². The Labute approximate surface area is 180 Å². The first-order valence-electron chi connectivity index (χ1n) is 11.0. The van der Waals surface area contributed by atoms with E-state index in [1.165, 1.54) is 12.3 Å². The number of amides is 1. The Balaban J connectivity index is 1.31. The number of imidazole rings is 1. The minimum absolute atomic E-state index is 0.103. The first kappa shape index (κ1) is 20.1. The number of aromatic nitrogens is 4. The van der Waals surface area contributed by atoms with Crippen molar-refractivity contribution in [2.24, 2.45) is 11.8 Å². The van der Waals surface area contributed by atoms with Crippen LogP contribution in [0.3, 0.4) is 0 Å². The molecule has 1 saturated carbocycles. The fraction of sp³-hybridized carbons (Fsp3) is 0.478. The third-order valence-corrected chi connectivity index (χ3v) is 6.54. The largest absolute Gasteiger partial charge is 0.392 e. The lowest BCUT2D eigenvalue weighted by atomic mass is 9.92. The zero-order chi connectivity index (χ0) is 21.4. The van der Waals surface area contributed by atoms with E-state index in [9.17, 15) is 14.3 Å². The third kappa shape index (κ3) is 4.04. The van der Waals surface area contributed by atoms with Gasteiger partial charge in [-0.1, -0.05) is 0 Å². The summed E-state index contributed by atoms with van der Waals surface area (Å²) in [7, 11) is 0. The molecule has 162 valence electrons. The molecule has 7 nitrogen and oxygen atoms in total. The number of rotatable bonds is 4. The monoisotopic (exact) mass is 423 g/mol. The Bertz CT molecular complexity index is 1100. The molecule has 5 rings (SSSR count). The van der Waals surface area contributed by atoms with Crippen molar-refractivity contribution in [3.8, 4) is 11.5 Å². The van der Waals surface area contributed by atoms with Gasteiger partial charge in [0.25, 0.3) is 0 Å². The highest BCUT2D eigenvalue weighted by atomic mass is 19.1. The Hall–Kier alpha value is -2.87. The number of aliphatic hydroxyl groups is 1. The molecule has 0 spiro atoms. The summed E-state index contributed by atoms with van der Waals surface area (Å²) in [4.78, 5) is 28.2. The predicted octanol–water partition coefficient (Wildman–Crippen LogP) is 2.87. The molecule has 0 bridgehead atoms. The van der Waals surface area contributed by atoms with E-state index in [0.717, 1.165) is 50.8 Å². The summed E-state index contributed by atoms with van der Waals surface area (Å²) in [6.07, 6.45) is 9.45. The number of likely N-dealkylation sites (tertiary alicyclic amines) is 1. The number of aliphatic hydroxyl groups excluding tert-OH is 1. The molecule has 1 aliphatic heterocycles. The standard InChI is InChI=1S/C23H26FN5O2/c24-16-6-7-21-26-12-19(29(21)14-16)22-25-9-8-17(27-22)11-15-3-2-10-28(13-15)23(31)18-4-1-5-20(18)30/h6-9,12,14-15,18,20,30H,1-5,10-11,13H2/t15-,18+,20-/m0/s1. The first-order valence-corrected chi connectivity index (χ1v) is 11.0. The maximum Gasteiger partial charge on any atom is 0.228 e. The van der Waals surface area contributed by atoms with Crippen molar-refractivity contribution >= 4 is 11.6 Å². The molecule has 3 aromatic rings. The van der Waals surface area contributed by atoms with Gasteiger partial charge in [0, 0.05) is 31.2 Å². The highest BCUT2D eigenvalue weighted by Crippen LogP contribution is 2.30. The summed E-state index contributed by atoms with van der Waals surface area (Å²) < 4.78 is 15.4. The van der Waals surface area contributed by atoms with Gasteiger partial charge in [-0.05, 0) is 62.6 Å². The molecule has 2 aliphatic rings. The second kappa shape index (κ2) is 8.34. The summed E-state index contributed by atoms with van der Waals surface area (Å²) in [5.41, 5.74) is 2.18. The van der Waals surface area contributed by atoms with Gasteiger partial charge >= 0.3 is 0 Å². The van der Waals surface area contributed by atoms with Crippen LogP contribution in [0.15, 0.2) is 36.8 Å². The number of carbonyl (C=O) groups is 1. The summed E-state index contributed by atoms with van der Waals surface area (Å²) >= 11 is 0. The SMILES string of the molecule is O=C([C@@H]1CCC[C@@H]1O)N1CCC[C@@H](Cc2ccnc(-c3cnc4ccc(F)cn34)n2)C1. The van der Waals surface area contributed by atoms with Crippen LogP contribution in [0.4, 0.5) is 4.39 Å². The first-order chi connectivity index (χ1) is 15.1. The average Bonchev–Trinajstić information content (AvgIpc) is 3.39. The van der Waals surface area contributed by atoms with E-state index in [4.69, 9.17) is 4.98 Å². The lowest BCUT2D eigenvalue weighted by molar-refractivity contribution is -0.140. The van der Waals surface area contributed by atoms with Gasteiger partial charge in [0.15, 0.2) is 5.82 Å². The van der Waals surface area contributed by atoms with Crippen molar-refractivity contribution in [1.29, 1.82) is 0 Å². The van der Waals surface area contributed by atoms with Crippen molar-refractivity contribution in [1.82, 2.24) is 24.3 Å². The summed E-state index contributed by atoms with van der Waals surface area (Å²) in [5.74, 6) is 0.347. The molecule has 0 aromatic carbocycles. The van der Waals surface area contributed by atoms with Gasteiger partial charge in [0.05, 0.1) is 18.2 Å². The van der Waals surface area contributed by atoms with Gasteiger partial charge in [0.1, 0.15) is 17.2 Å². The van der Waals surface area contributed by atoms with E-state index < -0.39 is 6.10 Å². The van der Waals surface area contributed by atoms with Crippen molar-refractivity contribution in [2.45, 2.75) is 44.6 Å². The second-order valence-electron chi connectivity index (χ2n) is 8.69. The fourth-order valence-corrected chi connectivity index (χ4v) is 4.94. The molecule has 1 N–H and O–H groups in total. The van der Waals surface area contributed by atoms with E-state index in [-0.39, 0.29) is 17.6 Å². The number of fused-ring (bicyclic) bond motifs is 1. The molecule has 4 heterocycles. The molecule has 1 amide bonds. The minimum Gasteiger partial charge on any atom is -0.392 e. The molecule has 1 aliphatic carbocycles. The van der Waals surface area contributed by atoms with Crippen LogP contribution < -0.4 is 0 Å². The van der Waals surface area contributed by atoms with Crippen molar-refractivity contribution in [3.63, 3.8) is 0 Å². The summed E-state index contributed by atoms with van der Waals surface area (Å²) in [5, 5.41) is 10.1. The summed E-state index contributed by atoms with van der Waals surface area (Å²) in [6, 6.07) is 4.90. The molecule has 1 saturated heterocycles. The van der Waals surface area contributed by atoms with Crippen LogP contribution in [0, 0.1) is 17.7 Å². The zero-order valence-electron chi connectivity index (χ0n) is 17.3. The van der Waals surface area contributed by atoms with Crippen LogP contribution in [-0.4, -0.2) is 54.5 Å². The van der Waals surface area contributed by atoms with Crippen LogP contribution in [0.25, 0.3) is 17.2 Å². The molecular weight excluding hydrogens is 397 g/mol. The van der Waals surface area contributed by atoms with Crippen molar-refractivity contribution in [2.75, 3.05) is 13.1 Å². The molecular formula is C23H26FN5O2. The van der Waals surface area contributed by atoms with E-state index in [2.05, 4.69) is 9.97 Å². The Morgan fingerprint density at radius 3 is 2.90 bits per heavy atom. The Morgan fingerprint density at radius 1 is 1.16 bits per heavy atom. The number of hydrogen-bond acceptors (Lipinski definition) is 5.